The van der Waals surface area contributed by atoms with Gasteiger partial charge in [-0.3, -0.25) is 0 Å². The van der Waals surface area contributed by atoms with E-state index in [0.29, 0.717) is 22.3 Å². The van der Waals surface area contributed by atoms with Crippen LogP contribution in [0, 0.1) is 0 Å². The summed E-state index contributed by atoms with van der Waals surface area (Å²) in [5, 5.41) is 12.1. The van der Waals surface area contributed by atoms with Gasteiger partial charge in [0.2, 0.25) is 0 Å². The summed E-state index contributed by atoms with van der Waals surface area (Å²) in [6.07, 6.45) is 0. The van der Waals surface area contributed by atoms with Gasteiger partial charge < -0.3 is 18.8 Å². The standard InChI is InChI=1S/C24H19B5O4/c1-23(2)24(3,4)33-29(32-23)13-9-6-10-14-15(13)11-7-5-8-12(22(11)31-14)16-17(25)19(27)20(28)21(30)18(16)26/h5-10,30H,1-4H3. The van der Waals surface area contributed by atoms with Crippen molar-refractivity contribution in [1.82, 2.24) is 0 Å². The van der Waals surface area contributed by atoms with Crippen molar-refractivity contribution in [2.24, 2.45) is 0 Å². The van der Waals surface area contributed by atoms with Crippen molar-refractivity contribution < 1.29 is 18.8 Å². The van der Waals surface area contributed by atoms with Gasteiger partial charge >= 0.3 is 7.12 Å². The highest BCUT2D eigenvalue weighted by Gasteiger charge is 2.52. The van der Waals surface area contributed by atoms with Crippen molar-refractivity contribution in [2.45, 2.75) is 38.9 Å². The molecule has 1 N–H and O–H groups in total. The monoisotopic (exact) mass is 426 g/mol. The summed E-state index contributed by atoms with van der Waals surface area (Å²) < 4.78 is 18.9. The quantitative estimate of drug-likeness (QED) is 0.474. The van der Waals surface area contributed by atoms with Gasteiger partial charge in [-0.15, -0.1) is 5.46 Å². The molecule has 3 aromatic carbocycles. The fraction of sp³-hybridized carbons (Fsp3) is 0.250. The van der Waals surface area contributed by atoms with E-state index in [1.165, 1.54) is 0 Å². The van der Waals surface area contributed by atoms with Crippen LogP contribution in [-0.2, 0) is 9.31 Å². The zero-order chi connectivity index (χ0) is 23.9. The van der Waals surface area contributed by atoms with Gasteiger partial charge in [0.25, 0.3) is 0 Å². The van der Waals surface area contributed by atoms with Crippen molar-refractivity contribution in [2.75, 3.05) is 0 Å². The van der Waals surface area contributed by atoms with Crippen LogP contribution < -0.4 is 27.3 Å². The normalized spacial score (nSPS) is 17.3. The molecule has 154 valence electrons. The van der Waals surface area contributed by atoms with Crippen molar-refractivity contribution >= 4 is 87.8 Å². The van der Waals surface area contributed by atoms with Crippen molar-refractivity contribution in [3.05, 3.63) is 36.4 Å². The molecule has 4 nitrogen and oxygen atoms in total. The van der Waals surface area contributed by atoms with Crippen LogP contribution in [0.2, 0.25) is 0 Å². The molecule has 1 aliphatic heterocycles. The van der Waals surface area contributed by atoms with E-state index in [1.54, 1.807) is 0 Å². The first-order valence-corrected chi connectivity index (χ1v) is 10.7. The Morgan fingerprint density at radius 2 is 1.42 bits per heavy atom. The molecule has 0 unspecified atom stereocenters. The lowest BCUT2D eigenvalue weighted by molar-refractivity contribution is 0.00578. The SMILES string of the molecule is [B]c1c([B])c(O)c([B])c(-c2cccc3c2oc2cccc(B4OC(C)(C)C(C)(C)O4)c23)c1[B]. The molecule has 1 aromatic heterocycles. The Morgan fingerprint density at radius 3 is 2.09 bits per heavy atom. The maximum absolute atomic E-state index is 10.4. The Bertz CT molecular complexity index is 1400. The fourth-order valence-corrected chi connectivity index (χ4v) is 4.34. The zero-order valence-corrected chi connectivity index (χ0v) is 19.0. The maximum atomic E-state index is 10.4. The van der Waals surface area contributed by atoms with Gasteiger partial charge in [0.05, 0.1) is 11.2 Å². The lowest BCUT2D eigenvalue weighted by Gasteiger charge is -2.32. The third kappa shape index (κ3) is 3.13. The number of benzene rings is 3. The Hall–Kier alpha value is -2.50. The first-order valence-electron chi connectivity index (χ1n) is 10.7. The highest BCUT2D eigenvalue weighted by atomic mass is 16.7. The van der Waals surface area contributed by atoms with Crippen molar-refractivity contribution in [1.29, 1.82) is 0 Å². The van der Waals surface area contributed by atoms with Crippen LogP contribution in [0.1, 0.15) is 27.7 Å². The third-order valence-electron chi connectivity index (χ3n) is 6.96. The van der Waals surface area contributed by atoms with E-state index in [2.05, 4.69) is 0 Å². The number of phenolic OH excluding ortho intramolecular Hbond substituents is 1. The molecule has 0 saturated carbocycles. The van der Waals surface area contributed by atoms with Gasteiger partial charge in [-0.2, -0.15) is 0 Å². The molecule has 0 bridgehead atoms. The second-order valence-corrected chi connectivity index (χ2v) is 9.47. The Kier molecular flexibility index (Phi) is 4.90. The topological polar surface area (TPSA) is 51.8 Å². The minimum absolute atomic E-state index is 0.0401. The third-order valence-corrected chi connectivity index (χ3v) is 6.96. The smallest absolute Gasteiger partial charge is 0.495 e. The summed E-state index contributed by atoms with van der Waals surface area (Å²) in [5.41, 5.74) is 2.34. The van der Waals surface area contributed by atoms with Crippen LogP contribution in [-0.4, -0.2) is 54.8 Å². The van der Waals surface area contributed by atoms with Crippen molar-refractivity contribution in [3.8, 4) is 16.9 Å². The lowest BCUT2D eigenvalue weighted by Crippen LogP contribution is -2.44. The maximum Gasteiger partial charge on any atom is 0.495 e. The van der Waals surface area contributed by atoms with Gasteiger partial charge in [0.15, 0.2) is 0 Å². The summed E-state index contributed by atoms with van der Waals surface area (Å²) in [4.78, 5) is 0. The minimum atomic E-state index is -0.561. The van der Waals surface area contributed by atoms with Crippen LogP contribution in [0.3, 0.4) is 0 Å². The van der Waals surface area contributed by atoms with E-state index >= 15 is 0 Å². The molecule has 0 aliphatic carbocycles. The second-order valence-electron chi connectivity index (χ2n) is 9.47. The molecule has 0 spiro atoms. The number of fused-ring (bicyclic) bond motifs is 3. The van der Waals surface area contributed by atoms with E-state index in [1.807, 2.05) is 64.1 Å². The molecule has 5 rings (SSSR count). The summed E-state index contributed by atoms with van der Waals surface area (Å²) in [7, 11) is 23.8. The molecular weight excluding hydrogens is 406 g/mol. The number of aromatic hydroxyl groups is 1. The minimum Gasteiger partial charge on any atom is -0.509 e. The summed E-state index contributed by atoms with van der Waals surface area (Å²) in [6.45, 7) is 8.06. The first-order chi connectivity index (χ1) is 15.4. The van der Waals surface area contributed by atoms with Crippen molar-refractivity contribution in [3.63, 3.8) is 0 Å². The lowest BCUT2D eigenvalue weighted by atomic mass is 9.65. The molecule has 0 amide bonds. The van der Waals surface area contributed by atoms with Gasteiger partial charge in [0, 0.05) is 16.3 Å². The summed E-state index contributed by atoms with van der Waals surface area (Å²) >= 11 is 0. The molecule has 1 saturated heterocycles. The Morgan fingerprint density at radius 1 is 0.788 bits per heavy atom. The van der Waals surface area contributed by atoms with E-state index < -0.39 is 18.3 Å². The average Bonchev–Trinajstić information content (AvgIpc) is 3.25. The Balaban J connectivity index is 1.78. The summed E-state index contributed by atoms with van der Waals surface area (Å²) in [6, 6.07) is 11.4. The number of para-hydroxylation sites is 1. The van der Waals surface area contributed by atoms with E-state index in [9.17, 15) is 5.11 Å². The van der Waals surface area contributed by atoms with Gasteiger partial charge in [-0.1, -0.05) is 41.3 Å². The number of furan rings is 1. The molecule has 2 heterocycles. The number of hydrogen-bond donors (Lipinski definition) is 1. The molecule has 1 fully saturated rings. The number of phenols is 1. The summed E-state index contributed by atoms with van der Waals surface area (Å²) in [5.74, 6) is -0.303. The van der Waals surface area contributed by atoms with Gasteiger partial charge in [-0.25, -0.2) is 0 Å². The molecule has 33 heavy (non-hydrogen) atoms. The zero-order valence-electron chi connectivity index (χ0n) is 19.0. The predicted molar refractivity (Wildman–Crippen MR) is 138 cm³/mol. The van der Waals surface area contributed by atoms with Crippen LogP contribution >= 0.6 is 0 Å². The first kappa shape index (κ1) is 22.3. The highest BCUT2D eigenvalue weighted by Crippen LogP contribution is 2.39. The molecule has 4 aromatic rings. The molecule has 0 atom stereocenters. The van der Waals surface area contributed by atoms with Gasteiger partial charge in [-0.05, 0) is 50.3 Å². The van der Waals surface area contributed by atoms with Crippen LogP contribution in [0.5, 0.6) is 5.75 Å². The number of hydrogen-bond acceptors (Lipinski definition) is 4. The average molecular weight is 425 g/mol. The van der Waals surface area contributed by atoms with E-state index in [4.69, 9.17) is 45.1 Å². The van der Waals surface area contributed by atoms with Crippen LogP contribution in [0.15, 0.2) is 40.8 Å². The molecule has 1 aliphatic rings. The predicted octanol–water partition coefficient (Wildman–Crippen LogP) is 0.433. The highest BCUT2D eigenvalue weighted by molar-refractivity contribution is 6.66. The second kappa shape index (κ2) is 7.25. The van der Waals surface area contributed by atoms with Crippen LogP contribution in [0.4, 0.5) is 0 Å². The Labute approximate surface area is 198 Å². The van der Waals surface area contributed by atoms with Gasteiger partial charge in [0.1, 0.15) is 48.3 Å². The van der Waals surface area contributed by atoms with E-state index in [0.717, 1.165) is 16.2 Å². The molecule has 9 heteroatoms. The van der Waals surface area contributed by atoms with Crippen LogP contribution in [0.25, 0.3) is 33.1 Å². The largest absolute Gasteiger partial charge is 0.509 e. The number of rotatable bonds is 2. The molecular formula is C24H19B5O4. The van der Waals surface area contributed by atoms with E-state index in [-0.39, 0.29) is 27.6 Å². The fourth-order valence-electron chi connectivity index (χ4n) is 4.34. The molecule has 8 radical (unpaired) electrons.